The molecule has 2 N–H and O–H groups in total. The molecule has 0 saturated heterocycles. The summed E-state index contributed by atoms with van der Waals surface area (Å²) in [6, 6.07) is 6.06. The number of rotatable bonds is 6. The Kier molecular flexibility index (Phi) is 5.39. The average Bonchev–Trinajstić information content (AvgIpc) is 2.87. The van der Waals surface area contributed by atoms with E-state index in [2.05, 4.69) is 33.0 Å². The minimum Gasteiger partial charge on any atom is -0.497 e. The molecule has 0 aliphatic heterocycles. The molecule has 0 amide bonds. The molecule has 0 radical (unpaired) electrons. The van der Waals surface area contributed by atoms with E-state index in [0.717, 1.165) is 27.9 Å². The maximum atomic E-state index is 6.00. The Bertz CT molecular complexity index is 599. The van der Waals surface area contributed by atoms with Gasteiger partial charge in [-0.05, 0) is 30.8 Å². The third-order valence-corrected chi connectivity index (χ3v) is 4.23. The molecule has 2 rings (SSSR count). The van der Waals surface area contributed by atoms with Crippen molar-refractivity contribution in [2.75, 3.05) is 20.7 Å². The molecule has 5 nitrogen and oxygen atoms in total. The molecule has 1 atom stereocenters. The van der Waals surface area contributed by atoms with Crippen molar-refractivity contribution in [2.24, 2.45) is 12.8 Å². The SMILES string of the molecule is COc1ccc(Br)c(C(CN)N(C)Cc2cnn(C)c2)c1. The van der Waals surface area contributed by atoms with E-state index in [4.69, 9.17) is 10.5 Å². The number of nitrogens with zero attached hydrogens (tertiary/aromatic N) is 3. The summed E-state index contributed by atoms with van der Waals surface area (Å²) in [7, 11) is 5.66. The van der Waals surface area contributed by atoms with Gasteiger partial charge in [0.2, 0.25) is 0 Å². The number of aromatic nitrogens is 2. The van der Waals surface area contributed by atoms with Gasteiger partial charge in [0.05, 0.1) is 13.3 Å². The van der Waals surface area contributed by atoms with Crippen LogP contribution in [0.2, 0.25) is 0 Å². The molecule has 0 saturated carbocycles. The zero-order chi connectivity index (χ0) is 15.4. The quantitative estimate of drug-likeness (QED) is 0.866. The zero-order valence-corrected chi connectivity index (χ0v) is 14.2. The molecule has 1 aromatic heterocycles. The van der Waals surface area contributed by atoms with Crippen LogP contribution < -0.4 is 10.5 Å². The fraction of sp³-hybridized carbons (Fsp3) is 0.400. The summed E-state index contributed by atoms with van der Waals surface area (Å²) in [5.74, 6) is 0.835. The Labute approximate surface area is 133 Å². The summed E-state index contributed by atoms with van der Waals surface area (Å²) in [4.78, 5) is 2.22. The molecule has 0 bridgehead atoms. The lowest BCUT2D eigenvalue weighted by Crippen LogP contribution is -2.30. The van der Waals surface area contributed by atoms with Crippen molar-refractivity contribution in [2.45, 2.75) is 12.6 Å². The van der Waals surface area contributed by atoms with Crippen molar-refractivity contribution in [3.63, 3.8) is 0 Å². The van der Waals surface area contributed by atoms with Gasteiger partial charge in [-0.25, -0.2) is 0 Å². The van der Waals surface area contributed by atoms with E-state index in [1.54, 1.807) is 7.11 Å². The number of methoxy groups -OCH3 is 1. The van der Waals surface area contributed by atoms with Crippen LogP contribution in [0.4, 0.5) is 0 Å². The molecule has 1 unspecified atom stereocenters. The van der Waals surface area contributed by atoms with E-state index in [0.29, 0.717) is 6.54 Å². The van der Waals surface area contributed by atoms with E-state index < -0.39 is 0 Å². The number of hydrogen-bond donors (Lipinski definition) is 1. The van der Waals surface area contributed by atoms with Gasteiger partial charge in [0.15, 0.2) is 0 Å². The van der Waals surface area contributed by atoms with Crippen molar-refractivity contribution in [3.8, 4) is 5.75 Å². The first-order chi connectivity index (χ1) is 10.0. The van der Waals surface area contributed by atoms with Crippen LogP contribution in [-0.4, -0.2) is 35.4 Å². The van der Waals surface area contributed by atoms with Gasteiger partial charge >= 0.3 is 0 Å². The van der Waals surface area contributed by atoms with Gasteiger partial charge in [-0.3, -0.25) is 9.58 Å². The molecule has 21 heavy (non-hydrogen) atoms. The molecule has 0 spiro atoms. The molecular formula is C15H21BrN4O. The number of likely N-dealkylation sites (N-methyl/N-ethyl adjacent to an activating group) is 1. The minimum atomic E-state index is 0.106. The molecule has 1 heterocycles. The summed E-state index contributed by atoms with van der Waals surface area (Å²) in [5.41, 5.74) is 8.29. The zero-order valence-electron chi connectivity index (χ0n) is 12.6. The lowest BCUT2D eigenvalue weighted by molar-refractivity contribution is 0.240. The Morgan fingerprint density at radius 2 is 2.24 bits per heavy atom. The first-order valence-electron chi connectivity index (χ1n) is 6.76. The van der Waals surface area contributed by atoms with Gasteiger partial charge in [0, 0.05) is 42.4 Å². The van der Waals surface area contributed by atoms with Gasteiger partial charge in [-0.15, -0.1) is 0 Å². The maximum absolute atomic E-state index is 6.00. The number of halogens is 1. The van der Waals surface area contributed by atoms with Crippen LogP contribution in [0.5, 0.6) is 5.75 Å². The van der Waals surface area contributed by atoms with E-state index in [1.165, 1.54) is 0 Å². The minimum absolute atomic E-state index is 0.106. The summed E-state index contributed by atoms with van der Waals surface area (Å²) in [6.07, 6.45) is 3.90. The predicted molar refractivity (Wildman–Crippen MR) is 87.2 cm³/mol. The molecular weight excluding hydrogens is 332 g/mol. The Hall–Kier alpha value is -1.37. The van der Waals surface area contributed by atoms with Gasteiger partial charge in [-0.2, -0.15) is 5.10 Å². The molecule has 0 aliphatic rings. The van der Waals surface area contributed by atoms with Crippen LogP contribution >= 0.6 is 15.9 Å². The van der Waals surface area contributed by atoms with Crippen LogP contribution in [0, 0.1) is 0 Å². The monoisotopic (exact) mass is 352 g/mol. The van der Waals surface area contributed by atoms with Crippen LogP contribution in [0.1, 0.15) is 17.2 Å². The Morgan fingerprint density at radius 3 is 2.81 bits per heavy atom. The molecule has 0 fully saturated rings. The first kappa shape index (κ1) is 16.0. The Morgan fingerprint density at radius 1 is 1.48 bits per heavy atom. The second-order valence-corrected chi connectivity index (χ2v) is 5.93. The van der Waals surface area contributed by atoms with Crippen molar-refractivity contribution < 1.29 is 4.74 Å². The van der Waals surface area contributed by atoms with Crippen molar-refractivity contribution in [3.05, 3.63) is 46.2 Å². The number of hydrogen-bond acceptors (Lipinski definition) is 4. The van der Waals surface area contributed by atoms with E-state index >= 15 is 0 Å². The largest absolute Gasteiger partial charge is 0.497 e. The van der Waals surface area contributed by atoms with E-state index in [9.17, 15) is 0 Å². The smallest absolute Gasteiger partial charge is 0.119 e. The van der Waals surface area contributed by atoms with Crippen LogP contribution in [0.25, 0.3) is 0 Å². The van der Waals surface area contributed by atoms with E-state index in [-0.39, 0.29) is 6.04 Å². The van der Waals surface area contributed by atoms with Crippen molar-refractivity contribution in [1.29, 1.82) is 0 Å². The van der Waals surface area contributed by atoms with Crippen molar-refractivity contribution in [1.82, 2.24) is 14.7 Å². The van der Waals surface area contributed by atoms with Crippen LogP contribution in [0.3, 0.4) is 0 Å². The molecule has 1 aromatic carbocycles. The summed E-state index contributed by atoms with van der Waals surface area (Å²) in [6.45, 7) is 1.32. The van der Waals surface area contributed by atoms with Gasteiger partial charge in [-0.1, -0.05) is 15.9 Å². The van der Waals surface area contributed by atoms with Gasteiger partial charge in [0.1, 0.15) is 5.75 Å². The molecule has 0 aliphatic carbocycles. The summed E-state index contributed by atoms with van der Waals surface area (Å²) < 4.78 is 8.16. The summed E-state index contributed by atoms with van der Waals surface area (Å²) in [5, 5.41) is 4.20. The fourth-order valence-electron chi connectivity index (χ4n) is 2.40. The van der Waals surface area contributed by atoms with Crippen LogP contribution in [0.15, 0.2) is 35.1 Å². The maximum Gasteiger partial charge on any atom is 0.119 e. The van der Waals surface area contributed by atoms with Gasteiger partial charge < -0.3 is 10.5 Å². The van der Waals surface area contributed by atoms with Crippen molar-refractivity contribution >= 4 is 15.9 Å². The molecule has 114 valence electrons. The van der Waals surface area contributed by atoms with Crippen LogP contribution in [-0.2, 0) is 13.6 Å². The number of benzene rings is 1. The topological polar surface area (TPSA) is 56.3 Å². The highest BCUT2D eigenvalue weighted by atomic mass is 79.9. The third kappa shape index (κ3) is 3.84. The third-order valence-electron chi connectivity index (χ3n) is 3.51. The number of ether oxygens (including phenoxy) is 1. The number of aryl methyl sites for hydroxylation is 1. The highest BCUT2D eigenvalue weighted by Gasteiger charge is 2.19. The lowest BCUT2D eigenvalue weighted by atomic mass is 10.0. The second kappa shape index (κ2) is 7.06. The fourth-order valence-corrected chi connectivity index (χ4v) is 2.91. The van der Waals surface area contributed by atoms with E-state index in [1.807, 2.05) is 42.3 Å². The Balaban J connectivity index is 2.22. The summed E-state index contributed by atoms with van der Waals surface area (Å²) >= 11 is 3.60. The standard InChI is InChI=1S/C15H21BrN4O/c1-19(9-11-8-18-20(2)10-11)15(7-17)13-6-12(21-3)4-5-14(13)16/h4-6,8,10,15H,7,9,17H2,1-3H3. The normalized spacial score (nSPS) is 12.7. The lowest BCUT2D eigenvalue weighted by Gasteiger charge is -2.28. The highest BCUT2D eigenvalue weighted by molar-refractivity contribution is 9.10. The number of nitrogens with two attached hydrogens (primary N) is 1. The predicted octanol–water partition coefficient (Wildman–Crippen LogP) is 2.32. The molecule has 6 heteroatoms. The second-order valence-electron chi connectivity index (χ2n) is 5.08. The highest BCUT2D eigenvalue weighted by Crippen LogP contribution is 2.30. The van der Waals surface area contributed by atoms with Gasteiger partial charge in [0.25, 0.3) is 0 Å². The molecule has 2 aromatic rings. The first-order valence-corrected chi connectivity index (χ1v) is 7.55. The average molecular weight is 353 g/mol.